The second-order valence-corrected chi connectivity index (χ2v) is 7.90. The Hall–Kier alpha value is -1.86. The van der Waals surface area contributed by atoms with Crippen LogP contribution in [0.15, 0.2) is 29.6 Å². The molecule has 1 aromatic heterocycles. The van der Waals surface area contributed by atoms with Gasteiger partial charge in [0.15, 0.2) is 5.13 Å². The third-order valence-corrected chi connectivity index (χ3v) is 6.00. The van der Waals surface area contributed by atoms with Crippen molar-refractivity contribution >= 4 is 40.0 Å². The van der Waals surface area contributed by atoms with Crippen molar-refractivity contribution in [2.45, 2.75) is 26.2 Å². The molecule has 1 atom stereocenters. The first-order valence-corrected chi connectivity index (χ1v) is 10.3. The molecule has 0 saturated carbocycles. The summed E-state index contributed by atoms with van der Waals surface area (Å²) in [6, 6.07) is 8.42. The van der Waals surface area contributed by atoms with Crippen molar-refractivity contribution in [2.24, 2.45) is 0 Å². The molecular formula is C18H21N3O2S2. The Morgan fingerprint density at radius 2 is 2.12 bits per heavy atom. The summed E-state index contributed by atoms with van der Waals surface area (Å²) >= 11 is 2.92. The molecular weight excluding hydrogens is 354 g/mol. The third kappa shape index (κ3) is 4.41. The largest absolute Gasteiger partial charge is 0.323 e. The van der Waals surface area contributed by atoms with Crippen LogP contribution in [0.4, 0.5) is 5.13 Å². The summed E-state index contributed by atoms with van der Waals surface area (Å²) in [6.45, 7) is 4.49. The van der Waals surface area contributed by atoms with Crippen molar-refractivity contribution in [3.8, 4) is 11.3 Å². The minimum Gasteiger partial charge on any atom is -0.323 e. The van der Waals surface area contributed by atoms with Gasteiger partial charge in [0.05, 0.1) is 17.3 Å². The topological polar surface area (TPSA) is 62.3 Å². The number of hydrogen-bond donors (Lipinski definition) is 1. The van der Waals surface area contributed by atoms with Crippen LogP contribution in [0.1, 0.15) is 31.7 Å². The summed E-state index contributed by atoms with van der Waals surface area (Å²) in [4.78, 5) is 29.7. The molecule has 0 radical (unpaired) electrons. The van der Waals surface area contributed by atoms with Gasteiger partial charge in [0, 0.05) is 10.9 Å². The highest BCUT2D eigenvalue weighted by atomic mass is 32.2. The molecule has 3 rings (SSSR count). The summed E-state index contributed by atoms with van der Waals surface area (Å²) < 4.78 is 0. The Morgan fingerprint density at radius 3 is 2.76 bits per heavy atom. The van der Waals surface area contributed by atoms with E-state index in [4.69, 9.17) is 0 Å². The maximum atomic E-state index is 12.1. The van der Waals surface area contributed by atoms with E-state index >= 15 is 0 Å². The second-order valence-electron chi connectivity index (χ2n) is 6.09. The molecule has 1 aliphatic heterocycles. The molecule has 1 N–H and O–H groups in total. The second kappa shape index (κ2) is 8.01. The average Bonchev–Trinajstić information content (AvgIpc) is 3.24. The van der Waals surface area contributed by atoms with E-state index in [1.807, 2.05) is 5.38 Å². The standard InChI is InChI=1S/C18H21N3O2S2/c1-3-12(2)13-4-6-14(7-5-13)15-9-25-18(19-15)20-16(22)8-21-11-24-10-17(21)23/h4-7,9,12H,3,8,10-11H2,1-2H3,(H,19,20,22)/t12-/m0/s1. The van der Waals surface area contributed by atoms with Crippen LogP contribution in [0.5, 0.6) is 0 Å². The lowest BCUT2D eigenvalue weighted by Gasteiger charge is -2.13. The number of hydrogen-bond acceptors (Lipinski definition) is 5. The zero-order valence-electron chi connectivity index (χ0n) is 14.3. The SMILES string of the molecule is CC[C@H](C)c1ccc(-c2csc(NC(=O)CN3CSCC3=O)n2)cc1. The average molecular weight is 376 g/mol. The predicted octanol–water partition coefficient (Wildman–Crippen LogP) is 3.80. The highest BCUT2D eigenvalue weighted by Gasteiger charge is 2.23. The summed E-state index contributed by atoms with van der Waals surface area (Å²) in [7, 11) is 0. The Balaban J connectivity index is 1.62. The van der Waals surface area contributed by atoms with E-state index in [2.05, 4.69) is 48.4 Å². The fourth-order valence-electron chi connectivity index (χ4n) is 2.55. The number of benzene rings is 1. The Bertz CT molecular complexity index is 758. The lowest BCUT2D eigenvalue weighted by atomic mass is 9.97. The maximum Gasteiger partial charge on any atom is 0.245 e. The molecule has 2 heterocycles. The van der Waals surface area contributed by atoms with Crippen LogP contribution in [0.3, 0.4) is 0 Å². The van der Waals surface area contributed by atoms with E-state index in [0.29, 0.717) is 22.7 Å². The number of nitrogens with zero attached hydrogens (tertiary/aromatic N) is 2. The fourth-order valence-corrected chi connectivity index (χ4v) is 4.19. The number of carbonyl (C=O) groups is 2. The van der Waals surface area contributed by atoms with Crippen LogP contribution in [0, 0.1) is 0 Å². The lowest BCUT2D eigenvalue weighted by Crippen LogP contribution is -2.34. The Labute approximate surface area is 155 Å². The minimum absolute atomic E-state index is 0.0152. The normalized spacial score (nSPS) is 15.4. The molecule has 0 spiro atoms. The van der Waals surface area contributed by atoms with E-state index in [1.54, 1.807) is 4.90 Å². The molecule has 0 aliphatic carbocycles. The summed E-state index contributed by atoms with van der Waals surface area (Å²) in [5.41, 5.74) is 3.21. The number of anilines is 1. The first-order chi connectivity index (χ1) is 12.1. The van der Waals surface area contributed by atoms with E-state index < -0.39 is 0 Å². The van der Waals surface area contributed by atoms with Crippen LogP contribution in [-0.4, -0.2) is 39.9 Å². The zero-order chi connectivity index (χ0) is 17.8. The number of nitrogens with one attached hydrogen (secondary N) is 1. The van der Waals surface area contributed by atoms with Crippen LogP contribution >= 0.6 is 23.1 Å². The Morgan fingerprint density at radius 1 is 1.36 bits per heavy atom. The number of rotatable bonds is 6. The van der Waals surface area contributed by atoms with Crippen molar-refractivity contribution in [3.05, 3.63) is 35.2 Å². The van der Waals surface area contributed by atoms with E-state index in [9.17, 15) is 9.59 Å². The molecule has 7 heteroatoms. The van der Waals surface area contributed by atoms with Gasteiger partial charge in [-0.2, -0.15) is 0 Å². The van der Waals surface area contributed by atoms with Gasteiger partial charge in [0.1, 0.15) is 6.54 Å². The monoisotopic (exact) mass is 375 g/mol. The first kappa shape index (κ1) is 17.9. The number of thioether (sulfide) groups is 1. The van der Waals surface area contributed by atoms with Gasteiger partial charge < -0.3 is 10.2 Å². The first-order valence-electron chi connectivity index (χ1n) is 8.28. The van der Waals surface area contributed by atoms with Crippen LogP contribution in [0.25, 0.3) is 11.3 Å². The van der Waals surface area contributed by atoms with Gasteiger partial charge >= 0.3 is 0 Å². The molecule has 0 bridgehead atoms. The Kier molecular flexibility index (Phi) is 5.75. The van der Waals surface area contributed by atoms with E-state index in [1.165, 1.54) is 28.7 Å². The van der Waals surface area contributed by atoms with Gasteiger partial charge in [-0.05, 0) is 17.9 Å². The molecule has 1 aliphatic rings. The molecule has 2 aromatic rings. The number of carbonyl (C=O) groups excluding carboxylic acids is 2. The van der Waals surface area contributed by atoms with Crippen molar-refractivity contribution < 1.29 is 9.59 Å². The zero-order valence-corrected chi connectivity index (χ0v) is 16.0. The fraction of sp³-hybridized carbons (Fsp3) is 0.389. The molecule has 1 aromatic carbocycles. The highest BCUT2D eigenvalue weighted by Crippen LogP contribution is 2.27. The van der Waals surface area contributed by atoms with Crippen molar-refractivity contribution in [3.63, 3.8) is 0 Å². The van der Waals surface area contributed by atoms with Crippen LogP contribution in [0.2, 0.25) is 0 Å². The van der Waals surface area contributed by atoms with Gasteiger partial charge in [-0.3, -0.25) is 9.59 Å². The van der Waals surface area contributed by atoms with Gasteiger partial charge in [-0.25, -0.2) is 4.98 Å². The minimum atomic E-state index is -0.205. The smallest absolute Gasteiger partial charge is 0.245 e. The maximum absolute atomic E-state index is 12.1. The summed E-state index contributed by atoms with van der Waals surface area (Å²) in [6.07, 6.45) is 1.12. The molecule has 132 valence electrons. The molecule has 5 nitrogen and oxygen atoms in total. The van der Waals surface area contributed by atoms with Crippen LogP contribution < -0.4 is 5.32 Å². The van der Waals surface area contributed by atoms with Gasteiger partial charge in [0.25, 0.3) is 0 Å². The number of thiazole rings is 1. The van der Waals surface area contributed by atoms with Gasteiger partial charge in [-0.15, -0.1) is 23.1 Å². The van der Waals surface area contributed by atoms with Crippen molar-refractivity contribution in [1.82, 2.24) is 9.88 Å². The van der Waals surface area contributed by atoms with E-state index in [0.717, 1.165) is 17.7 Å². The molecule has 0 unspecified atom stereocenters. The lowest BCUT2D eigenvalue weighted by molar-refractivity contribution is -0.130. The summed E-state index contributed by atoms with van der Waals surface area (Å²) in [5.74, 6) is 1.40. The summed E-state index contributed by atoms with van der Waals surface area (Å²) in [5, 5.41) is 5.28. The van der Waals surface area contributed by atoms with E-state index in [-0.39, 0.29) is 18.4 Å². The molecule has 1 fully saturated rings. The van der Waals surface area contributed by atoms with Crippen molar-refractivity contribution in [1.29, 1.82) is 0 Å². The van der Waals surface area contributed by atoms with Gasteiger partial charge in [0.2, 0.25) is 11.8 Å². The van der Waals surface area contributed by atoms with Gasteiger partial charge in [-0.1, -0.05) is 38.1 Å². The number of amides is 2. The molecule has 2 amide bonds. The number of aromatic nitrogens is 1. The van der Waals surface area contributed by atoms with Crippen molar-refractivity contribution in [2.75, 3.05) is 23.5 Å². The predicted molar refractivity (Wildman–Crippen MR) is 104 cm³/mol. The molecule has 25 heavy (non-hydrogen) atoms. The molecule has 1 saturated heterocycles. The third-order valence-electron chi connectivity index (χ3n) is 4.30. The highest BCUT2D eigenvalue weighted by molar-refractivity contribution is 8.00. The quantitative estimate of drug-likeness (QED) is 0.834. The van der Waals surface area contributed by atoms with Crippen LogP contribution in [-0.2, 0) is 9.59 Å².